The third-order valence-electron chi connectivity index (χ3n) is 3.57. The molecule has 0 aliphatic rings. The van der Waals surface area contributed by atoms with Gasteiger partial charge in [-0.25, -0.2) is 0 Å². The fraction of sp³-hybridized carbons (Fsp3) is 0.222. The van der Waals surface area contributed by atoms with Crippen molar-refractivity contribution in [2.75, 3.05) is 0 Å². The first kappa shape index (κ1) is 12.9. The van der Waals surface area contributed by atoms with Gasteiger partial charge >= 0.3 is 0 Å². The predicted octanol–water partition coefficient (Wildman–Crippen LogP) is 4.00. The number of nitrogens with zero attached hydrogens (tertiary/aromatic N) is 1. The molecule has 0 saturated heterocycles. The largest absolute Gasteiger partial charge is 0.392 e. The Hall–Kier alpha value is -2.06. The van der Waals surface area contributed by atoms with Crippen molar-refractivity contribution >= 4 is 10.9 Å². The summed E-state index contributed by atoms with van der Waals surface area (Å²) in [5.41, 5.74) is 4.77. The first-order valence-corrected chi connectivity index (χ1v) is 6.98. The molecule has 20 heavy (non-hydrogen) atoms. The van der Waals surface area contributed by atoms with Gasteiger partial charge in [0.15, 0.2) is 0 Å². The van der Waals surface area contributed by atoms with Gasteiger partial charge in [-0.05, 0) is 37.6 Å². The van der Waals surface area contributed by atoms with Crippen LogP contribution >= 0.6 is 0 Å². The number of aryl methyl sites for hydroxylation is 1. The lowest BCUT2D eigenvalue weighted by atomic mass is 10.1. The molecule has 0 saturated carbocycles. The Bertz CT molecular complexity index is 726. The van der Waals surface area contributed by atoms with E-state index in [0.29, 0.717) is 6.54 Å². The summed E-state index contributed by atoms with van der Waals surface area (Å²) >= 11 is 0. The number of fused-ring (bicyclic) bond motifs is 1. The van der Waals surface area contributed by atoms with Gasteiger partial charge in [0.25, 0.3) is 0 Å². The second kappa shape index (κ2) is 5.14. The molecule has 1 heterocycles. The van der Waals surface area contributed by atoms with Gasteiger partial charge in [-0.3, -0.25) is 0 Å². The maximum atomic E-state index is 9.79. The zero-order chi connectivity index (χ0) is 14.1. The van der Waals surface area contributed by atoms with E-state index in [-0.39, 0.29) is 6.10 Å². The summed E-state index contributed by atoms with van der Waals surface area (Å²) in [6, 6.07) is 19.0. The summed E-state index contributed by atoms with van der Waals surface area (Å²) < 4.78 is 2.20. The molecule has 1 N–H and O–H groups in total. The van der Waals surface area contributed by atoms with Crippen LogP contribution in [-0.2, 0) is 6.54 Å². The number of aliphatic hydroxyl groups excluding tert-OH is 1. The van der Waals surface area contributed by atoms with Crippen LogP contribution in [0.15, 0.2) is 54.6 Å². The lowest BCUT2D eigenvalue weighted by Crippen LogP contribution is -2.12. The lowest BCUT2D eigenvalue weighted by molar-refractivity contribution is 0.176. The van der Waals surface area contributed by atoms with E-state index in [2.05, 4.69) is 47.9 Å². The fourth-order valence-corrected chi connectivity index (χ4v) is 2.70. The van der Waals surface area contributed by atoms with Gasteiger partial charge in [0.1, 0.15) is 0 Å². The van der Waals surface area contributed by atoms with Crippen molar-refractivity contribution in [1.82, 2.24) is 4.57 Å². The van der Waals surface area contributed by atoms with E-state index in [1.165, 1.54) is 22.0 Å². The van der Waals surface area contributed by atoms with Crippen LogP contribution in [0.3, 0.4) is 0 Å². The van der Waals surface area contributed by atoms with Crippen LogP contribution in [0.4, 0.5) is 0 Å². The molecule has 0 fully saturated rings. The van der Waals surface area contributed by atoms with Crippen molar-refractivity contribution in [1.29, 1.82) is 0 Å². The van der Waals surface area contributed by atoms with Crippen molar-refractivity contribution in [2.45, 2.75) is 26.5 Å². The van der Waals surface area contributed by atoms with Crippen LogP contribution in [-0.4, -0.2) is 15.8 Å². The van der Waals surface area contributed by atoms with E-state index < -0.39 is 0 Å². The van der Waals surface area contributed by atoms with Gasteiger partial charge < -0.3 is 9.67 Å². The molecule has 0 amide bonds. The Labute approximate surface area is 119 Å². The first-order chi connectivity index (χ1) is 9.65. The molecule has 3 rings (SSSR count). The molecular formula is C18H19NO. The average molecular weight is 265 g/mol. The lowest BCUT2D eigenvalue weighted by Gasteiger charge is -2.13. The van der Waals surface area contributed by atoms with Crippen LogP contribution in [0.25, 0.3) is 22.2 Å². The molecule has 2 aromatic carbocycles. The maximum absolute atomic E-state index is 9.79. The Kier molecular flexibility index (Phi) is 3.33. The smallest absolute Gasteiger partial charge is 0.0691 e. The van der Waals surface area contributed by atoms with E-state index in [1.807, 2.05) is 25.1 Å². The Morgan fingerprint density at radius 2 is 1.80 bits per heavy atom. The average Bonchev–Trinajstić information content (AvgIpc) is 2.77. The highest BCUT2D eigenvalue weighted by atomic mass is 16.3. The van der Waals surface area contributed by atoms with Gasteiger partial charge in [0, 0.05) is 23.1 Å². The fourth-order valence-electron chi connectivity index (χ4n) is 2.70. The zero-order valence-electron chi connectivity index (χ0n) is 11.9. The highest BCUT2D eigenvalue weighted by molar-refractivity contribution is 5.87. The number of benzene rings is 2. The highest BCUT2D eigenvalue weighted by Crippen LogP contribution is 2.29. The Balaban J connectivity index is 2.24. The summed E-state index contributed by atoms with van der Waals surface area (Å²) in [4.78, 5) is 0. The molecule has 0 aliphatic heterocycles. The number of aromatic nitrogens is 1. The number of hydrogen-bond donors (Lipinski definition) is 1. The second-order valence-electron chi connectivity index (χ2n) is 5.42. The van der Waals surface area contributed by atoms with Crippen molar-refractivity contribution in [3.63, 3.8) is 0 Å². The molecule has 2 nitrogen and oxygen atoms in total. The van der Waals surface area contributed by atoms with Crippen LogP contribution in [0.1, 0.15) is 12.5 Å². The molecule has 1 atom stereocenters. The van der Waals surface area contributed by atoms with E-state index in [1.54, 1.807) is 0 Å². The molecule has 3 aromatic rings. The van der Waals surface area contributed by atoms with Crippen LogP contribution in [0, 0.1) is 6.92 Å². The zero-order valence-corrected chi connectivity index (χ0v) is 11.9. The van der Waals surface area contributed by atoms with E-state index in [9.17, 15) is 5.11 Å². The molecule has 0 aliphatic carbocycles. The summed E-state index contributed by atoms with van der Waals surface area (Å²) in [7, 11) is 0. The van der Waals surface area contributed by atoms with Gasteiger partial charge in [0.05, 0.1) is 6.10 Å². The first-order valence-electron chi connectivity index (χ1n) is 6.98. The minimum atomic E-state index is -0.366. The van der Waals surface area contributed by atoms with E-state index >= 15 is 0 Å². The summed E-state index contributed by atoms with van der Waals surface area (Å²) in [6.45, 7) is 4.54. The molecular weight excluding hydrogens is 246 g/mol. The monoisotopic (exact) mass is 265 g/mol. The molecule has 0 spiro atoms. The second-order valence-corrected chi connectivity index (χ2v) is 5.42. The third-order valence-corrected chi connectivity index (χ3v) is 3.57. The van der Waals surface area contributed by atoms with Crippen LogP contribution in [0.5, 0.6) is 0 Å². The number of aliphatic hydroxyl groups is 1. The summed E-state index contributed by atoms with van der Waals surface area (Å²) in [6.07, 6.45) is -0.366. The van der Waals surface area contributed by atoms with Gasteiger partial charge in [-0.2, -0.15) is 0 Å². The van der Waals surface area contributed by atoms with Crippen molar-refractivity contribution < 1.29 is 5.11 Å². The highest BCUT2D eigenvalue weighted by Gasteiger charge is 2.12. The molecule has 1 aromatic heterocycles. The summed E-state index contributed by atoms with van der Waals surface area (Å²) in [5.74, 6) is 0. The number of rotatable bonds is 3. The molecule has 2 heteroatoms. The molecule has 102 valence electrons. The summed E-state index contributed by atoms with van der Waals surface area (Å²) in [5, 5.41) is 11.0. The Morgan fingerprint density at radius 3 is 2.50 bits per heavy atom. The van der Waals surface area contributed by atoms with Crippen molar-refractivity contribution in [2.24, 2.45) is 0 Å². The quantitative estimate of drug-likeness (QED) is 0.761. The third kappa shape index (κ3) is 2.35. The molecule has 0 radical (unpaired) electrons. The van der Waals surface area contributed by atoms with Crippen molar-refractivity contribution in [3.05, 3.63) is 60.2 Å². The van der Waals surface area contributed by atoms with Gasteiger partial charge in [-0.1, -0.05) is 42.0 Å². The van der Waals surface area contributed by atoms with Crippen molar-refractivity contribution in [3.8, 4) is 11.3 Å². The Morgan fingerprint density at radius 1 is 1.05 bits per heavy atom. The maximum Gasteiger partial charge on any atom is 0.0691 e. The van der Waals surface area contributed by atoms with E-state index in [0.717, 1.165) is 5.69 Å². The molecule has 0 bridgehead atoms. The molecule has 1 unspecified atom stereocenters. The van der Waals surface area contributed by atoms with E-state index in [4.69, 9.17) is 0 Å². The van der Waals surface area contributed by atoms with Crippen LogP contribution < -0.4 is 0 Å². The van der Waals surface area contributed by atoms with Gasteiger partial charge in [-0.15, -0.1) is 0 Å². The topological polar surface area (TPSA) is 25.2 Å². The van der Waals surface area contributed by atoms with Gasteiger partial charge in [0.2, 0.25) is 0 Å². The number of hydrogen-bond acceptors (Lipinski definition) is 1. The minimum absolute atomic E-state index is 0.366. The van der Waals surface area contributed by atoms with Crippen LogP contribution in [0.2, 0.25) is 0 Å². The minimum Gasteiger partial charge on any atom is -0.392 e. The normalized spacial score (nSPS) is 12.8. The standard InChI is InChI=1S/C18H19NO/c1-13-8-9-17-16(10-13)11-18(19(17)12-14(2)20)15-6-4-3-5-7-15/h3-11,14,20H,12H2,1-2H3. The predicted molar refractivity (Wildman–Crippen MR) is 83.8 cm³/mol. The SMILES string of the molecule is Cc1ccc2c(c1)cc(-c1ccccc1)n2CC(C)O.